The molecule has 0 aromatic heterocycles. The highest BCUT2D eigenvalue weighted by molar-refractivity contribution is 5.94. The number of carbonyl (C=O) groups is 1. The largest absolute Gasteiger partial charge is 0.360 e. The molecular weight excluding hydrogens is 298 g/mol. The molecule has 0 radical (unpaired) electrons. The molecule has 1 aliphatic heterocycles. The molecule has 24 heavy (non-hydrogen) atoms. The molecule has 2 aromatic rings. The van der Waals surface area contributed by atoms with Gasteiger partial charge in [0, 0.05) is 11.3 Å². The van der Waals surface area contributed by atoms with Gasteiger partial charge in [0.1, 0.15) is 0 Å². The summed E-state index contributed by atoms with van der Waals surface area (Å²) >= 11 is 0. The highest BCUT2D eigenvalue weighted by Crippen LogP contribution is 2.12. The van der Waals surface area contributed by atoms with Gasteiger partial charge in [-0.3, -0.25) is 4.79 Å². The molecule has 1 amide bonds. The van der Waals surface area contributed by atoms with Crippen LogP contribution in [0.4, 0.5) is 5.69 Å². The maximum atomic E-state index is 12.1. The van der Waals surface area contributed by atoms with Crippen LogP contribution in [-0.2, 0) is 0 Å². The number of rotatable bonds is 5. The Morgan fingerprint density at radius 3 is 2.54 bits per heavy atom. The summed E-state index contributed by atoms with van der Waals surface area (Å²) in [6, 6.07) is 18.3. The van der Waals surface area contributed by atoms with Gasteiger partial charge < -0.3 is 15.1 Å². The normalized spacial score (nSPS) is 15.3. The molecule has 1 fully saturated rings. The number of aryl methyl sites for hydroxylation is 1. The van der Waals surface area contributed by atoms with E-state index in [4.69, 9.17) is 0 Å². The summed E-state index contributed by atoms with van der Waals surface area (Å²) < 4.78 is 0. The number of para-hydroxylation sites is 1. The molecule has 0 atom stereocenters. The Kier molecular flexibility index (Phi) is 5.49. The smallest absolute Gasteiger partial charge is 0.251 e. The predicted molar refractivity (Wildman–Crippen MR) is 97.7 cm³/mol. The summed E-state index contributed by atoms with van der Waals surface area (Å²) in [5.41, 5.74) is 3.17. The van der Waals surface area contributed by atoms with E-state index in [0.29, 0.717) is 0 Å². The Morgan fingerprint density at radius 1 is 1.08 bits per heavy atom. The van der Waals surface area contributed by atoms with E-state index in [1.54, 1.807) is 4.90 Å². The van der Waals surface area contributed by atoms with Crippen molar-refractivity contribution in [3.63, 3.8) is 0 Å². The number of nitrogens with one attached hydrogen (secondary N) is 2. The summed E-state index contributed by atoms with van der Waals surface area (Å²) in [5, 5.41) is 3.04. The lowest BCUT2D eigenvalue weighted by atomic mass is 10.1. The van der Waals surface area contributed by atoms with Crippen molar-refractivity contribution < 1.29 is 9.69 Å². The fourth-order valence-electron chi connectivity index (χ4n) is 3.21. The highest BCUT2D eigenvalue weighted by Gasteiger charge is 2.19. The van der Waals surface area contributed by atoms with E-state index in [2.05, 4.69) is 40.5 Å². The monoisotopic (exact) mass is 324 g/mol. The van der Waals surface area contributed by atoms with Crippen molar-refractivity contribution >= 4 is 11.6 Å². The maximum Gasteiger partial charge on any atom is 0.251 e. The Labute approximate surface area is 144 Å². The first-order chi connectivity index (χ1) is 11.7. The van der Waals surface area contributed by atoms with Crippen molar-refractivity contribution in [2.45, 2.75) is 6.92 Å². The second kappa shape index (κ2) is 7.97. The number of amides is 1. The van der Waals surface area contributed by atoms with E-state index in [1.807, 2.05) is 31.2 Å². The summed E-state index contributed by atoms with van der Waals surface area (Å²) in [7, 11) is 0. The van der Waals surface area contributed by atoms with Crippen LogP contribution in [0, 0.1) is 6.92 Å². The van der Waals surface area contributed by atoms with Gasteiger partial charge in [-0.15, -0.1) is 0 Å². The van der Waals surface area contributed by atoms with Crippen LogP contribution < -0.4 is 15.1 Å². The lowest BCUT2D eigenvalue weighted by Crippen LogP contribution is -3.15. The molecule has 0 spiro atoms. The average molecular weight is 324 g/mol. The molecule has 1 aliphatic rings. The van der Waals surface area contributed by atoms with E-state index in [9.17, 15) is 4.79 Å². The average Bonchev–Trinajstić information content (AvgIpc) is 2.63. The summed E-state index contributed by atoms with van der Waals surface area (Å²) in [5.74, 6) is 0.0287. The maximum absolute atomic E-state index is 12.1. The van der Waals surface area contributed by atoms with Crippen molar-refractivity contribution in [1.29, 1.82) is 0 Å². The van der Waals surface area contributed by atoms with Gasteiger partial charge in [0.05, 0.1) is 39.3 Å². The van der Waals surface area contributed by atoms with E-state index in [1.165, 1.54) is 5.69 Å². The van der Waals surface area contributed by atoms with Crippen molar-refractivity contribution in [3.8, 4) is 0 Å². The molecule has 0 aliphatic carbocycles. The van der Waals surface area contributed by atoms with Gasteiger partial charge in [0.2, 0.25) is 0 Å². The fraction of sp³-hybridized carbons (Fsp3) is 0.350. The standard InChI is InChI=1S/C20H25N3O/c1-17-6-5-7-18(16-17)20(24)21-10-11-22-12-14-23(15-13-22)19-8-3-2-4-9-19/h2-9,16H,10-15H2,1H3,(H,21,24)/p+1. The number of nitrogens with zero attached hydrogens (tertiary/aromatic N) is 1. The van der Waals surface area contributed by atoms with Crippen molar-refractivity contribution in [3.05, 3.63) is 65.7 Å². The van der Waals surface area contributed by atoms with Crippen LogP contribution in [0.15, 0.2) is 54.6 Å². The Morgan fingerprint density at radius 2 is 1.83 bits per heavy atom. The molecule has 1 saturated heterocycles. The van der Waals surface area contributed by atoms with E-state index in [-0.39, 0.29) is 5.91 Å². The zero-order chi connectivity index (χ0) is 16.8. The number of hydrogen-bond acceptors (Lipinski definition) is 2. The molecule has 0 unspecified atom stereocenters. The van der Waals surface area contributed by atoms with Gasteiger partial charge in [-0.05, 0) is 31.2 Å². The SMILES string of the molecule is Cc1cccc(C(=O)NCC[NH+]2CCN(c3ccccc3)CC2)c1. The number of hydrogen-bond donors (Lipinski definition) is 2. The molecule has 0 bridgehead atoms. The van der Waals surface area contributed by atoms with E-state index < -0.39 is 0 Å². The first-order valence-electron chi connectivity index (χ1n) is 8.71. The van der Waals surface area contributed by atoms with Gasteiger partial charge in [0.15, 0.2) is 0 Å². The molecule has 126 valence electrons. The minimum Gasteiger partial charge on any atom is -0.360 e. The zero-order valence-electron chi connectivity index (χ0n) is 14.3. The number of anilines is 1. The number of piperazine rings is 1. The second-order valence-electron chi connectivity index (χ2n) is 6.45. The first-order valence-corrected chi connectivity index (χ1v) is 8.71. The first kappa shape index (κ1) is 16.5. The second-order valence-corrected chi connectivity index (χ2v) is 6.45. The topological polar surface area (TPSA) is 36.8 Å². The third-order valence-electron chi connectivity index (χ3n) is 4.64. The lowest BCUT2D eigenvalue weighted by Gasteiger charge is -2.33. The fourth-order valence-corrected chi connectivity index (χ4v) is 3.21. The van der Waals surface area contributed by atoms with Crippen LogP contribution in [-0.4, -0.2) is 45.2 Å². The molecule has 0 saturated carbocycles. The quantitative estimate of drug-likeness (QED) is 0.865. The zero-order valence-corrected chi connectivity index (χ0v) is 14.3. The molecule has 4 heteroatoms. The van der Waals surface area contributed by atoms with Crippen LogP contribution in [0.5, 0.6) is 0 Å². The summed E-state index contributed by atoms with van der Waals surface area (Å²) in [6.45, 7) is 8.11. The Balaban J connectivity index is 1.40. The molecule has 4 nitrogen and oxygen atoms in total. The van der Waals surface area contributed by atoms with Crippen LogP contribution >= 0.6 is 0 Å². The van der Waals surface area contributed by atoms with Crippen LogP contribution in [0.2, 0.25) is 0 Å². The number of quaternary nitrogens is 1. The lowest BCUT2D eigenvalue weighted by molar-refractivity contribution is -0.899. The van der Waals surface area contributed by atoms with Crippen LogP contribution in [0.1, 0.15) is 15.9 Å². The summed E-state index contributed by atoms with van der Waals surface area (Å²) in [6.07, 6.45) is 0. The number of benzene rings is 2. The van der Waals surface area contributed by atoms with Gasteiger partial charge in [-0.25, -0.2) is 0 Å². The van der Waals surface area contributed by atoms with E-state index in [0.717, 1.165) is 50.4 Å². The van der Waals surface area contributed by atoms with Gasteiger partial charge in [0.25, 0.3) is 5.91 Å². The third-order valence-corrected chi connectivity index (χ3v) is 4.64. The van der Waals surface area contributed by atoms with Gasteiger partial charge in [-0.1, -0.05) is 35.9 Å². The minimum absolute atomic E-state index is 0.0287. The Bertz CT molecular complexity index is 664. The van der Waals surface area contributed by atoms with Crippen molar-refractivity contribution in [2.75, 3.05) is 44.2 Å². The summed E-state index contributed by atoms with van der Waals surface area (Å²) in [4.78, 5) is 16.1. The number of carbonyl (C=O) groups excluding carboxylic acids is 1. The van der Waals surface area contributed by atoms with Crippen molar-refractivity contribution in [1.82, 2.24) is 5.32 Å². The Hall–Kier alpha value is -2.33. The molecule has 1 heterocycles. The molecule has 3 rings (SSSR count). The highest BCUT2D eigenvalue weighted by atomic mass is 16.1. The van der Waals surface area contributed by atoms with Gasteiger partial charge in [-0.2, -0.15) is 0 Å². The van der Waals surface area contributed by atoms with Crippen molar-refractivity contribution in [2.24, 2.45) is 0 Å². The molecular formula is C20H26N3O+. The predicted octanol–water partition coefficient (Wildman–Crippen LogP) is 1.13. The minimum atomic E-state index is 0.0287. The molecule has 2 aromatic carbocycles. The van der Waals surface area contributed by atoms with Crippen LogP contribution in [0.25, 0.3) is 0 Å². The van der Waals surface area contributed by atoms with Gasteiger partial charge >= 0.3 is 0 Å². The van der Waals surface area contributed by atoms with E-state index >= 15 is 0 Å². The molecule has 2 N–H and O–H groups in total. The van der Waals surface area contributed by atoms with Crippen LogP contribution in [0.3, 0.4) is 0 Å². The third kappa shape index (κ3) is 4.36.